The summed E-state index contributed by atoms with van der Waals surface area (Å²) in [7, 11) is 0. The Bertz CT molecular complexity index is 584. The van der Waals surface area contributed by atoms with Crippen molar-refractivity contribution in [3.05, 3.63) is 35.6 Å². The first-order valence-corrected chi connectivity index (χ1v) is 8.29. The van der Waals surface area contributed by atoms with E-state index in [9.17, 15) is 19.1 Å². The molecule has 0 saturated carbocycles. The van der Waals surface area contributed by atoms with E-state index in [-0.39, 0.29) is 29.6 Å². The van der Waals surface area contributed by atoms with Gasteiger partial charge in [-0.15, -0.1) is 0 Å². The maximum Gasteiger partial charge on any atom is 0.220 e. The molecule has 4 nitrogen and oxygen atoms in total. The van der Waals surface area contributed by atoms with Gasteiger partial charge in [-0.2, -0.15) is 0 Å². The Labute approximate surface area is 143 Å². The molecule has 1 amide bonds. The largest absolute Gasteiger partial charge is 0.392 e. The molecule has 134 valence electrons. The third kappa shape index (κ3) is 5.71. The molecular weight excluding hydrogens is 309 g/mol. The molecule has 0 radical (unpaired) electrons. The number of halogens is 1. The second kappa shape index (κ2) is 8.38. The van der Waals surface area contributed by atoms with E-state index >= 15 is 0 Å². The van der Waals surface area contributed by atoms with Crippen molar-refractivity contribution in [3.8, 4) is 0 Å². The van der Waals surface area contributed by atoms with Gasteiger partial charge in [0.1, 0.15) is 5.82 Å². The van der Waals surface area contributed by atoms with Gasteiger partial charge in [-0.1, -0.05) is 46.8 Å². The van der Waals surface area contributed by atoms with E-state index in [0.717, 1.165) is 0 Å². The summed E-state index contributed by atoms with van der Waals surface area (Å²) < 4.78 is 13.2. The highest BCUT2D eigenvalue weighted by Gasteiger charge is 2.30. The van der Waals surface area contributed by atoms with Gasteiger partial charge in [0.2, 0.25) is 5.91 Å². The molecule has 2 N–H and O–H groups in total. The molecule has 0 saturated heterocycles. The van der Waals surface area contributed by atoms with Gasteiger partial charge in [0.25, 0.3) is 0 Å². The Morgan fingerprint density at radius 2 is 1.88 bits per heavy atom. The predicted molar refractivity (Wildman–Crippen MR) is 92.1 cm³/mol. The van der Waals surface area contributed by atoms with E-state index in [1.165, 1.54) is 18.2 Å². The van der Waals surface area contributed by atoms with Gasteiger partial charge >= 0.3 is 0 Å². The van der Waals surface area contributed by atoms with Crippen LogP contribution in [-0.2, 0) is 4.79 Å². The average Bonchev–Trinajstić information content (AvgIpc) is 2.51. The molecule has 1 aromatic carbocycles. The molecule has 0 fully saturated rings. The van der Waals surface area contributed by atoms with Crippen LogP contribution in [0.3, 0.4) is 0 Å². The van der Waals surface area contributed by atoms with Gasteiger partial charge in [0, 0.05) is 29.9 Å². The molecule has 0 aliphatic heterocycles. The van der Waals surface area contributed by atoms with E-state index in [1.54, 1.807) is 13.0 Å². The average molecular weight is 337 g/mol. The van der Waals surface area contributed by atoms with E-state index in [2.05, 4.69) is 5.32 Å². The molecule has 0 aromatic heterocycles. The van der Waals surface area contributed by atoms with Crippen LogP contribution >= 0.6 is 0 Å². The number of Topliss-reactive ketones (excluding diaryl/α,β-unsaturated/α-hetero) is 1. The zero-order valence-corrected chi connectivity index (χ0v) is 15.1. The summed E-state index contributed by atoms with van der Waals surface area (Å²) in [4.78, 5) is 24.3. The summed E-state index contributed by atoms with van der Waals surface area (Å²) >= 11 is 0. The lowest BCUT2D eigenvalue weighted by Gasteiger charge is -2.33. The van der Waals surface area contributed by atoms with Gasteiger partial charge < -0.3 is 10.4 Å². The highest BCUT2D eigenvalue weighted by atomic mass is 19.1. The monoisotopic (exact) mass is 337 g/mol. The molecule has 0 heterocycles. The Balaban J connectivity index is 2.57. The number of amides is 1. The van der Waals surface area contributed by atoms with Crippen molar-refractivity contribution in [2.75, 3.05) is 6.54 Å². The molecule has 1 rings (SSSR count). The normalized spacial score (nSPS) is 14.3. The summed E-state index contributed by atoms with van der Waals surface area (Å²) in [5.74, 6) is -1.43. The van der Waals surface area contributed by atoms with Gasteiger partial charge in [0.15, 0.2) is 5.78 Å². The van der Waals surface area contributed by atoms with Crippen LogP contribution in [0.4, 0.5) is 4.39 Å². The quantitative estimate of drug-likeness (QED) is 0.716. The maximum absolute atomic E-state index is 13.2. The number of hydrogen-bond acceptors (Lipinski definition) is 3. The minimum Gasteiger partial charge on any atom is -0.392 e. The number of ketones is 1. The SMILES string of the molecule is CC(CC(=O)NCC(C)(C)C(O)C(C)C)C(=O)c1cccc(F)c1. The minimum absolute atomic E-state index is 0.0310. The zero-order valence-electron chi connectivity index (χ0n) is 15.1. The smallest absolute Gasteiger partial charge is 0.220 e. The number of hydrogen-bond donors (Lipinski definition) is 2. The number of carbonyl (C=O) groups is 2. The number of aliphatic hydroxyl groups excluding tert-OH is 1. The number of nitrogens with one attached hydrogen (secondary N) is 1. The molecule has 0 spiro atoms. The van der Waals surface area contributed by atoms with Crippen molar-refractivity contribution in [2.45, 2.75) is 47.1 Å². The van der Waals surface area contributed by atoms with Gasteiger partial charge in [0.05, 0.1) is 6.10 Å². The van der Waals surface area contributed by atoms with Crippen molar-refractivity contribution in [3.63, 3.8) is 0 Å². The zero-order chi connectivity index (χ0) is 18.5. The van der Waals surface area contributed by atoms with Crippen LogP contribution in [0.2, 0.25) is 0 Å². The fraction of sp³-hybridized carbons (Fsp3) is 0.579. The lowest BCUT2D eigenvalue weighted by molar-refractivity contribution is -0.122. The lowest BCUT2D eigenvalue weighted by Crippen LogP contribution is -2.44. The molecule has 24 heavy (non-hydrogen) atoms. The Morgan fingerprint density at radius 3 is 2.42 bits per heavy atom. The maximum atomic E-state index is 13.2. The van der Waals surface area contributed by atoms with Crippen molar-refractivity contribution < 1.29 is 19.1 Å². The van der Waals surface area contributed by atoms with Crippen LogP contribution in [0.5, 0.6) is 0 Å². The van der Waals surface area contributed by atoms with Crippen LogP contribution in [0, 0.1) is 23.1 Å². The van der Waals surface area contributed by atoms with Crippen LogP contribution < -0.4 is 5.32 Å². The van der Waals surface area contributed by atoms with Gasteiger partial charge in [-0.05, 0) is 18.1 Å². The Hall–Kier alpha value is -1.75. The van der Waals surface area contributed by atoms with Crippen molar-refractivity contribution in [1.82, 2.24) is 5.32 Å². The third-order valence-electron chi connectivity index (χ3n) is 4.22. The number of benzene rings is 1. The van der Waals surface area contributed by atoms with E-state index in [4.69, 9.17) is 0 Å². The summed E-state index contributed by atoms with van der Waals surface area (Å²) in [5.41, 5.74) is -0.189. The number of rotatable bonds is 8. The van der Waals surface area contributed by atoms with Crippen LogP contribution in [-0.4, -0.2) is 29.4 Å². The first-order valence-electron chi connectivity index (χ1n) is 8.29. The van der Waals surface area contributed by atoms with Crippen molar-refractivity contribution in [2.24, 2.45) is 17.3 Å². The summed E-state index contributed by atoms with van der Waals surface area (Å²) in [5, 5.41) is 13.0. The first-order chi connectivity index (χ1) is 11.0. The first kappa shape index (κ1) is 20.3. The Kier molecular flexibility index (Phi) is 7.08. The number of carbonyl (C=O) groups excluding carboxylic acids is 2. The standard InChI is InChI=1S/C19H28FNO3/c1-12(2)18(24)19(4,5)11-21-16(22)9-13(3)17(23)14-7-6-8-15(20)10-14/h6-8,10,12-13,18,24H,9,11H2,1-5H3,(H,21,22). The van der Waals surface area contributed by atoms with Crippen LogP contribution in [0.15, 0.2) is 24.3 Å². The highest BCUT2D eigenvalue weighted by molar-refractivity contribution is 5.99. The van der Waals surface area contributed by atoms with Crippen molar-refractivity contribution in [1.29, 1.82) is 0 Å². The second-order valence-electron chi connectivity index (χ2n) is 7.43. The molecule has 1 aromatic rings. The summed E-state index contributed by atoms with van der Waals surface area (Å²) in [6.45, 7) is 9.60. The minimum atomic E-state index is -0.538. The van der Waals surface area contributed by atoms with Crippen LogP contribution in [0.1, 0.15) is 51.4 Å². The molecule has 2 unspecified atom stereocenters. The molecule has 2 atom stereocenters. The second-order valence-corrected chi connectivity index (χ2v) is 7.43. The molecular formula is C19H28FNO3. The highest BCUT2D eigenvalue weighted by Crippen LogP contribution is 2.25. The fourth-order valence-electron chi connectivity index (χ4n) is 2.70. The lowest BCUT2D eigenvalue weighted by atomic mass is 9.80. The van der Waals surface area contributed by atoms with Crippen LogP contribution in [0.25, 0.3) is 0 Å². The Morgan fingerprint density at radius 1 is 1.25 bits per heavy atom. The van der Waals surface area contributed by atoms with E-state index < -0.39 is 23.3 Å². The number of aliphatic hydroxyl groups is 1. The molecule has 5 heteroatoms. The van der Waals surface area contributed by atoms with Crippen molar-refractivity contribution >= 4 is 11.7 Å². The molecule has 0 aliphatic carbocycles. The molecule has 0 aliphatic rings. The van der Waals surface area contributed by atoms with Gasteiger partial charge in [-0.25, -0.2) is 4.39 Å². The summed E-state index contributed by atoms with van der Waals surface area (Å²) in [6, 6.07) is 5.47. The van der Waals surface area contributed by atoms with E-state index in [1.807, 2.05) is 27.7 Å². The predicted octanol–water partition coefficient (Wildman–Crippen LogP) is 3.19. The fourth-order valence-corrected chi connectivity index (χ4v) is 2.70. The topological polar surface area (TPSA) is 66.4 Å². The van der Waals surface area contributed by atoms with E-state index in [0.29, 0.717) is 6.54 Å². The third-order valence-corrected chi connectivity index (χ3v) is 4.22. The van der Waals surface area contributed by atoms with Gasteiger partial charge in [-0.3, -0.25) is 9.59 Å². The molecule has 0 bridgehead atoms. The summed E-state index contributed by atoms with van der Waals surface area (Å²) in [6.07, 6.45) is -0.507.